The SMILES string of the molecule is CCCCC/C=C\C/C=C\C/C=C\C/C=C\CCCCCC(=O)OC1C(OCC(NC(=O)C(O)CCCCCCCCCCCCCCC/C=C\C/C=C\C/C=C\CCCCC)C(O)/C=C/CCCCCCCCCCC)OC(CO)C(O)C1O. The Morgan fingerprint density at radius 3 is 1.24 bits per heavy atom. The molecule has 1 rings (SSSR count). The minimum absolute atomic E-state index is 0.0828. The van der Waals surface area contributed by atoms with Crippen molar-refractivity contribution in [1.82, 2.24) is 5.32 Å². The molecule has 1 saturated heterocycles. The highest BCUT2D eigenvalue weighted by molar-refractivity contribution is 5.80. The molecule has 0 radical (unpaired) electrons. The fraction of sp³-hybridized carbons (Fsp3) is 0.757. The minimum atomic E-state index is -1.63. The van der Waals surface area contributed by atoms with Gasteiger partial charge in [0.25, 0.3) is 0 Å². The molecule has 0 saturated carbocycles. The van der Waals surface area contributed by atoms with Crippen molar-refractivity contribution in [3.63, 3.8) is 0 Å². The second-order valence-electron chi connectivity index (χ2n) is 23.9. The van der Waals surface area contributed by atoms with Crippen LogP contribution >= 0.6 is 0 Å². The lowest BCUT2D eigenvalue weighted by Crippen LogP contribution is -2.61. The van der Waals surface area contributed by atoms with E-state index in [2.05, 4.69) is 111 Å². The van der Waals surface area contributed by atoms with Crippen molar-refractivity contribution >= 4 is 11.9 Å². The fourth-order valence-corrected chi connectivity index (χ4v) is 10.4. The lowest BCUT2D eigenvalue weighted by Gasteiger charge is -2.41. The van der Waals surface area contributed by atoms with Gasteiger partial charge in [0.05, 0.1) is 25.4 Å². The number of ether oxygens (including phenoxy) is 3. The van der Waals surface area contributed by atoms with E-state index in [0.29, 0.717) is 12.8 Å². The molecule has 8 atom stereocenters. The molecule has 1 heterocycles. The first-order chi connectivity index (χ1) is 41.7. The van der Waals surface area contributed by atoms with E-state index in [1.165, 1.54) is 161 Å². The first kappa shape index (κ1) is 79.6. The van der Waals surface area contributed by atoms with E-state index in [0.717, 1.165) is 89.9 Å². The Bertz CT molecular complexity index is 1750. The molecule has 11 heteroatoms. The van der Waals surface area contributed by atoms with Crippen LogP contribution in [0.3, 0.4) is 0 Å². The topological polar surface area (TPSA) is 175 Å². The van der Waals surface area contributed by atoms with Gasteiger partial charge < -0.3 is 45.1 Å². The number of rotatable bonds is 59. The van der Waals surface area contributed by atoms with Crippen LogP contribution in [-0.4, -0.2) is 99.6 Å². The summed E-state index contributed by atoms with van der Waals surface area (Å²) in [6.45, 7) is 5.73. The Balaban J connectivity index is 2.58. The van der Waals surface area contributed by atoms with E-state index >= 15 is 0 Å². The molecule has 6 N–H and O–H groups in total. The van der Waals surface area contributed by atoms with Crippen LogP contribution in [0, 0.1) is 0 Å². The van der Waals surface area contributed by atoms with Crippen LogP contribution in [0.2, 0.25) is 0 Å². The monoisotopic (exact) mass is 1190 g/mol. The number of esters is 1. The summed E-state index contributed by atoms with van der Waals surface area (Å²) in [7, 11) is 0. The number of carbonyl (C=O) groups is 2. The van der Waals surface area contributed by atoms with E-state index in [-0.39, 0.29) is 19.4 Å². The second-order valence-corrected chi connectivity index (χ2v) is 23.9. The van der Waals surface area contributed by atoms with Crippen molar-refractivity contribution in [2.24, 2.45) is 0 Å². The van der Waals surface area contributed by atoms with Crippen LogP contribution in [0.4, 0.5) is 0 Å². The summed E-state index contributed by atoms with van der Waals surface area (Å²) in [6, 6.07) is -1.04. The second kappa shape index (κ2) is 60.8. The molecule has 0 aromatic rings. The number of hydrogen-bond donors (Lipinski definition) is 6. The van der Waals surface area contributed by atoms with Gasteiger partial charge in [0.1, 0.15) is 24.4 Å². The van der Waals surface area contributed by atoms with Gasteiger partial charge in [-0.25, -0.2) is 0 Å². The van der Waals surface area contributed by atoms with Gasteiger partial charge in [0.2, 0.25) is 5.91 Å². The van der Waals surface area contributed by atoms with E-state index in [1.54, 1.807) is 6.08 Å². The van der Waals surface area contributed by atoms with Crippen LogP contribution in [0.15, 0.2) is 97.2 Å². The zero-order valence-electron chi connectivity index (χ0n) is 54.5. The highest BCUT2D eigenvalue weighted by Gasteiger charge is 2.47. The molecule has 0 aromatic heterocycles. The summed E-state index contributed by atoms with van der Waals surface area (Å²) in [5, 5.41) is 57.2. The van der Waals surface area contributed by atoms with Gasteiger partial charge in [0.15, 0.2) is 12.4 Å². The summed E-state index contributed by atoms with van der Waals surface area (Å²) in [5.74, 6) is -1.23. The molecule has 0 spiro atoms. The van der Waals surface area contributed by atoms with Crippen LogP contribution < -0.4 is 5.32 Å². The number of nitrogens with one attached hydrogen (secondary N) is 1. The number of amides is 1. The lowest BCUT2D eigenvalue weighted by molar-refractivity contribution is -0.305. The third-order valence-corrected chi connectivity index (χ3v) is 16.0. The fourth-order valence-electron chi connectivity index (χ4n) is 10.4. The Morgan fingerprint density at radius 2 is 0.812 bits per heavy atom. The molecule has 11 nitrogen and oxygen atoms in total. The largest absolute Gasteiger partial charge is 0.454 e. The van der Waals surface area contributed by atoms with E-state index in [4.69, 9.17) is 14.2 Å². The number of aliphatic hydroxyl groups excluding tert-OH is 5. The Hall–Kier alpha value is -3.42. The van der Waals surface area contributed by atoms with Crippen molar-refractivity contribution in [3.05, 3.63) is 97.2 Å². The average molecular weight is 1190 g/mol. The van der Waals surface area contributed by atoms with Crippen molar-refractivity contribution in [2.45, 2.75) is 346 Å². The third-order valence-electron chi connectivity index (χ3n) is 16.0. The van der Waals surface area contributed by atoms with Crippen LogP contribution in [0.5, 0.6) is 0 Å². The van der Waals surface area contributed by atoms with Crippen molar-refractivity contribution in [1.29, 1.82) is 0 Å². The summed E-state index contributed by atoms with van der Waals surface area (Å²) >= 11 is 0. The van der Waals surface area contributed by atoms with E-state index < -0.39 is 67.4 Å². The summed E-state index contributed by atoms with van der Waals surface area (Å²) < 4.78 is 17.6. The maximum atomic E-state index is 13.5. The first-order valence-corrected chi connectivity index (χ1v) is 35.0. The van der Waals surface area contributed by atoms with Gasteiger partial charge >= 0.3 is 5.97 Å². The smallest absolute Gasteiger partial charge is 0.306 e. The molecule has 490 valence electrons. The lowest BCUT2D eigenvalue weighted by atomic mass is 9.99. The van der Waals surface area contributed by atoms with Crippen molar-refractivity contribution in [2.75, 3.05) is 13.2 Å². The molecule has 0 bridgehead atoms. The van der Waals surface area contributed by atoms with E-state index in [9.17, 15) is 35.1 Å². The molecule has 1 aliphatic heterocycles. The number of carbonyl (C=O) groups excluding carboxylic acids is 2. The zero-order chi connectivity index (χ0) is 61.7. The molecule has 1 aliphatic rings. The molecule has 0 aliphatic carbocycles. The Labute approximate surface area is 520 Å². The van der Waals surface area contributed by atoms with Gasteiger partial charge in [-0.15, -0.1) is 0 Å². The van der Waals surface area contributed by atoms with Crippen molar-refractivity contribution in [3.8, 4) is 0 Å². The summed E-state index contributed by atoms with van der Waals surface area (Å²) in [6.07, 6.45) is 71.6. The van der Waals surface area contributed by atoms with Crippen molar-refractivity contribution < 1.29 is 49.3 Å². The standard InChI is InChI=1S/C74H129NO10/c1-4-7-10-13-16-19-22-24-26-28-30-31-32-33-34-35-36-38-39-41-43-46-49-52-55-58-61-67(78)73(82)75-65(66(77)60-57-54-51-48-45-21-18-15-12-9-6-3)64-83-74-72(71(81)70(80)68(63-76)84-74)85-69(79)62-59-56-53-50-47-44-42-40-37-29-27-25-23-20-17-14-11-8-5-2/h16-17,19-20,24-27,30-31,37,40,44,47,57,60,65-68,70-72,74,76-78,80-81H,4-15,18,21-23,28-29,32-36,38-39,41-43,45-46,48-56,58-59,61-64H2,1-3H3,(H,75,82)/b19-16-,20-17-,26-24-,27-25-,31-30-,40-37-,47-44-,60-57+. The molecule has 1 fully saturated rings. The number of hydrogen-bond acceptors (Lipinski definition) is 10. The Kier molecular flexibility index (Phi) is 57.0. The maximum Gasteiger partial charge on any atom is 0.306 e. The van der Waals surface area contributed by atoms with E-state index in [1.807, 2.05) is 6.08 Å². The van der Waals surface area contributed by atoms with Crippen LogP contribution in [0.1, 0.15) is 297 Å². The zero-order valence-corrected chi connectivity index (χ0v) is 54.5. The van der Waals surface area contributed by atoms with Gasteiger partial charge in [-0.3, -0.25) is 9.59 Å². The minimum Gasteiger partial charge on any atom is -0.454 e. The van der Waals surface area contributed by atoms with Gasteiger partial charge in [-0.2, -0.15) is 0 Å². The summed E-state index contributed by atoms with van der Waals surface area (Å²) in [4.78, 5) is 26.6. The molecular formula is C74H129NO10. The maximum absolute atomic E-state index is 13.5. The molecule has 1 amide bonds. The number of unbranched alkanes of at least 4 members (excludes halogenated alkanes) is 31. The van der Waals surface area contributed by atoms with Gasteiger partial charge in [0, 0.05) is 6.42 Å². The number of allylic oxidation sites excluding steroid dienone is 15. The quantitative estimate of drug-likeness (QED) is 0.0195. The number of aliphatic hydroxyl groups is 5. The predicted molar refractivity (Wildman–Crippen MR) is 356 cm³/mol. The highest BCUT2D eigenvalue weighted by Crippen LogP contribution is 2.26. The molecule has 85 heavy (non-hydrogen) atoms. The molecule has 8 unspecified atom stereocenters. The highest BCUT2D eigenvalue weighted by atomic mass is 16.7. The Morgan fingerprint density at radius 1 is 0.459 bits per heavy atom. The van der Waals surface area contributed by atoms with Gasteiger partial charge in [-0.1, -0.05) is 279 Å². The van der Waals surface area contributed by atoms with Gasteiger partial charge in [-0.05, 0) is 109 Å². The van der Waals surface area contributed by atoms with Crippen LogP contribution in [-0.2, 0) is 23.8 Å². The summed E-state index contributed by atoms with van der Waals surface area (Å²) in [5.41, 5.74) is 0. The predicted octanol–water partition coefficient (Wildman–Crippen LogP) is 17.8. The average Bonchev–Trinajstić information content (AvgIpc) is 2.90. The van der Waals surface area contributed by atoms with Crippen LogP contribution in [0.25, 0.3) is 0 Å². The third kappa shape index (κ3) is 48.2. The molecular weight excluding hydrogens is 1060 g/mol. The molecule has 0 aromatic carbocycles. The first-order valence-electron chi connectivity index (χ1n) is 35.0. The normalized spacial score (nSPS) is 19.0.